The van der Waals surface area contributed by atoms with E-state index in [0.29, 0.717) is 41.5 Å². The summed E-state index contributed by atoms with van der Waals surface area (Å²) in [6.07, 6.45) is 0.693. The normalized spacial score (nSPS) is 10.7. The van der Waals surface area contributed by atoms with Gasteiger partial charge in [-0.2, -0.15) is 5.10 Å². The second-order valence-electron chi connectivity index (χ2n) is 8.48. The van der Waals surface area contributed by atoms with E-state index in [0.717, 1.165) is 16.7 Å². The number of nitrogens with zero attached hydrogens (tertiary/aromatic N) is 1. The zero-order valence-corrected chi connectivity index (χ0v) is 20.4. The Morgan fingerprint density at radius 2 is 1.73 bits per heavy atom. The van der Waals surface area contributed by atoms with Crippen LogP contribution < -0.4 is 21.7 Å². The van der Waals surface area contributed by atoms with Crippen molar-refractivity contribution in [1.82, 2.24) is 10.2 Å². The fraction of sp³-hybridized carbons (Fsp3) is 0.148. The third-order valence-electron chi connectivity index (χ3n) is 5.81. The third kappa shape index (κ3) is 5.87. The summed E-state index contributed by atoms with van der Waals surface area (Å²) in [4.78, 5) is 24.5. The number of hydrogen-bond acceptors (Lipinski definition) is 6. The minimum Gasteiger partial charge on any atom is -0.507 e. The van der Waals surface area contributed by atoms with E-state index in [1.807, 2.05) is 26.0 Å². The number of nitrogens with two attached hydrogens (primary N) is 1. The minimum absolute atomic E-state index is 0.167. The van der Waals surface area contributed by atoms with Crippen LogP contribution in [0.3, 0.4) is 0 Å². The fourth-order valence-electron chi connectivity index (χ4n) is 3.88. The molecular weight excluding hydrogens is 475 g/mol. The Morgan fingerprint density at radius 1 is 1.05 bits per heavy atom. The number of phenolic OH excluding ortho intramolecular Hbond substituents is 1. The van der Waals surface area contributed by atoms with Crippen molar-refractivity contribution in [2.24, 2.45) is 5.73 Å². The fourth-order valence-corrected chi connectivity index (χ4v) is 3.88. The molecule has 0 fully saturated rings. The first kappa shape index (κ1) is 25.2. The van der Waals surface area contributed by atoms with Crippen LogP contribution in [0.2, 0.25) is 0 Å². The van der Waals surface area contributed by atoms with E-state index in [-0.39, 0.29) is 17.2 Å². The summed E-state index contributed by atoms with van der Waals surface area (Å²) in [6.45, 7) is 4.18. The Labute approximate surface area is 212 Å². The Bertz CT molecular complexity index is 1430. The number of amides is 2. The van der Waals surface area contributed by atoms with Crippen molar-refractivity contribution in [2.75, 3.05) is 16.0 Å². The summed E-state index contributed by atoms with van der Waals surface area (Å²) < 4.78 is 13.1. The van der Waals surface area contributed by atoms with Crippen molar-refractivity contribution >= 4 is 34.8 Å². The highest BCUT2D eigenvalue weighted by atomic mass is 19.1. The van der Waals surface area contributed by atoms with Gasteiger partial charge in [0.25, 0.3) is 11.8 Å². The molecule has 37 heavy (non-hydrogen) atoms. The maximum atomic E-state index is 13.1. The molecule has 4 aromatic rings. The molecule has 0 aliphatic heterocycles. The number of rotatable bonds is 9. The topological polar surface area (TPSA) is 145 Å². The van der Waals surface area contributed by atoms with Gasteiger partial charge in [0.15, 0.2) is 5.82 Å². The maximum absolute atomic E-state index is 13.1. The van der Waals surface area contributed by atoms with Crippen LogP contribution in [-0.2, 0) is 13.0 Å². The largest absolute Gasteiger partial charge is 0.507 e. The summed E-state index contributed by atoms with van der Waals surface area (Å²) in [6, 6.07) is 15.8. The number of aromatic nitrogens is 2. The molecule has 3 aromatic carbocycles. The van der Waals surface area contributed by atoms with Crippen LogP contribution >= 0.6 is 0 Å². The number of aromatic hydroxyl groups is 1. The number of hydrogen-bond donors (Lipinski definition) is 6. The average Bonchev–Trinajstić information content (AvgIpc) is 3.28. The van der Waals surface area contributed by atoms with E-state index >= 15 is 0 Å². The molecule has 0 spiro atoms. The molecule has 7 N–H and O–H groups in total. The highest BCUT2D eigenvalue weighted by Gasteiger charge is 2.19. The number of benzene rings is 3. The van der Waals surface area contributed by atoms with E-state index in [1.54, 1.807) is 24.3 Å². The van der Waals surface area contributed by atoms with E-state index in [9.17, 15) is 19.1 Å². The van der Waals surface area contributed by atoms with Gasteiger partial charge in [-0.1, -0.05) is 19.1 Å². The molecule has 9 nitrogen and oxygen atoms in total. The van der Waals surface area contributed by atoms with Gasteiger partial charge in [0.1, 0.15) is 22.9 Å². The highest BCUT2D eigenvalue weighted by molar-refractivity contribution is 6.04. The first-order valence-electron chi connectivity index (χ1n) is 11.6. The lowest BCUT2D eigenvalue weighted by atomic mass is 10.0. The number of H-pyrrole nitrogens is 1. The Balaban J connectivity index is 1.44. The number of anilines is 4. The summed E-state index contributed by atoms with van der Waals surface area (Å²) >= 11 is 0. The van der Waals surface area contributed by atoms with Gasteiger partial charge in [-0.15, -0.1) is 0 Å². The number of phenols is 1. The zero-order chi connectivity index (χ0) is 26.5. The molecular formula is C27H27FN6O3. The predicted molar refractivity (Wildman–Crippen MR) is 141 cm³/mol. The molecule has 10 heteroatoms. The summed E-state index contributed by atoms with van der Waals surface area (Å²) in [5.41, 5.74) is 9.84. The summed E-state index contributed by atoms with van der Waals surface area (Å²) in [5, 5.41) is 26.1. The van der Waals surface area contributed by atoms with Gasteiger partial charge in [0.05, 0.1) is 0 Å². The number of aryl methyl sites for hydroxylation is 2. The number of nitrogens with one attached hydrogen (secondary N) is 4. The highest BCUT2D eigenvalue weighted by Crippen LogP contribution is 2.27. The second kappa shape index (κ2) is 10.8. The predicted octanol–water partition coefficient (Wildman–Crippen LogP) is 4.83. The third-order valence-corrected chi connectivity index (χ3v) is 5.81. The molecule has 0 atom stereocenters. The van der Waals surface area contributed by atoms with Crippen LogP contribution in [0.4, 0.5) is 27.4 Å². The van der Waals surface area contributed by atoms with Gasteiger partial charge in [-0.25, -0.2) is 4.39 Å². The van der Waals surface area contributed by atoms with E-state index in [1.165, 1.54) is 24.3 Å². The van der Waals surface area contributed by atoms with Gasteiger partial charge >= 0.3 is 0 Å². The van der Waals surface area contributed by atoms with Crippen LogP contribution in [-0.4, -0.2) is 27.1 Å². The van der Waals surface area contributed by atoms with Gasteiger partial charge in [-0.3, -0.25) is 14.7 Å². The number of aromatic amines is 1. The molecule has 0 unspecified atom stereocenters. The van der Waals surface area contributed by atoms with Crippen LogP contribution in [0.5, 0.6) is 5.75 Å². The first-order chi connectivity index (χ1) is 17.7. The lowest BCUT2D eigenvalue weighted by molar-refractivity contribution is 0.0999. The van der Waals surface area contributed by atoms with Crippen LogP contribution in [0, 0.1) is 12.7 Å². The van der Waals surface area contributed by atoms with E-state index in [2.05, 4.69) is 26.1 Å². The van der Waals surface area contributed by atoms with Crippen molar-refractivity contribution in [2.45, 2.75) is 26.8 Å². The van der Waals surface area contributed by atoms with Crippen molar-refractivity contribution in [3.05, 3.63) is 94.3 Å². The molecule has 0 saturated heterocycles. The molecule has 4 rings (SSSR count). The summed E-state index contributed by atoms with van der Waals surface area (Å²) in [5.74, 6) is -0.554. The van der Waals surface area contributed by atoms with Crippen molar-refractivity contribution in [3.63, 3.8) is 0 Å². The number of carbonyl (C=O) groups is 2. The molecule has 2 amide bonds. The second-order valence-corrected chi connectivity index (χ2v) is 8.48. The van der Waals surface area contributed by atoms with E-state index < -0.39 is 11.7 Å². The number of carbonyl (C=O) groups excluding carboxylic acids is 2. The quantitative estimate of drug-likeness (QED) is 0.193. The molecule has 0 bridgehead atoms. The lowest BCUT2D eigenvalue weighted by Crippen LogP contribution is -2.15. The van der Waals surface area contributed by atoms with Crippen molar-refractivity contribution < 1.29 is 19.1 Å². The standard InChI is InChI=1S/C27H27FN6O3/c1-3-17-13-16(12-15(2)23(17)35)14-30-25-22(24(29)36)26(34-33-25)31-20-8-10-21(11-9-20)32-27(37)18-4-6-19(28)7-5-18/h4-13,35H,3,14H2,1-2H3,(H2,29,36)(H,32,37)(H3,30,31,33,34). The average molecular weight is 503 g/mol. The number of halogens is 1. The van der Waals surface area contributed by atoms with Crippen LogP contribution in [0.25, 0.3) is 0 Å². The molecule has 190 valence electrons. The monoisotopic (exact) mass is 502 g/mol. The lowest BCUT2D eigenvalue weighted by Gasteiger charge is -2.11. The van der Waals surface area contributed by atoms with Gasteiger partial charge in [-0.05, 0) is 78.6 Å². The Hall–Kier alpha value is -4.86. The maximum Gasteiger partial charge on any atom is 0.256 e. The van der Waals surface area contributed by atoms with Gasteiger partial charge in [0, 0.05) is 23.5 Å². The van der Waals surface area contributed by atoms with Gasteiger partial charge < -0.3 is 26.8 Å². The van der Waals surface area contributed by atoms with Crippen LogP contribution in [0.15, 0.2) is 60.7 Å². The van der Waals surface area contributed by atoms with E-state index in [4.69, 9.17) is 5.73 Å². The zero-order valence-electron chi connectivity index (χ0n) is 20.4. The molecule has 0 saturated carbocycles. The van der Waals surface area contributed by atoms with Gasteiger partial charge in [0.2, 0.25) is 0 Å². The SMILES string of the molecule is CCc1cc(CNc2n[nH]c(Nc3ccc(NC(=O)c4ccc(F)cc4)cc3)c2C(N)=O)cc(C)c1O. The minimum atomic E-state index is -0.668. The molecule has 0 radical (unpaired) electrons. The first-order valence-corrected chi connectivity index (χ1v) is 11.6. The number of primary amides is 1. The molecule has 0 aliphatic rings. The molecule has 1 heterocycles. The molecule has 1 aromatic heterocycles. The summed E-state index contributed by atoms with van der Waals surface area (Å²) in [7, 11) is 0. The Morgan fingerprint density at radius 3 is 2.38 bits per heavy atom. The smallest absolute Gasteiger partial charge is 0.256 e. The Kier molecular flexibility index (Phi) is 7.38. The van der Waals surface area contributed by atoms with Crippen molar-refractivity contribution in [3.8, 4) is 5.75 Å². The molecule has 0 aliphatic carbocycles. The van der Waals surface area contributed by atoms with Crippen molar-refractivity contribution in [1.29, 1.82) is 0 Å². The van der Waals surface area contributed by atoms with Crippen LogP contribution in [0.1, 0.15) is 44.3 Å².